The van der Waals surface area contributed by atoms with Gasteiger partial charge in [0, 0.05) is 17.7 Å². The molecule has 5 rings (SSSR count). The third-order valence-corrected chi connectivity index (χ3v) is 7.85. The predicted octanol–water partition coefficient (Wildman–Crippen LogP) is 5.08. The van der Waals surface area contributed by atoms with Gasteiger partial charge in [-0.15, -0.1) is 0 Å². The Kier molecular flexibility index (Phi) is 6.92. The molecule has 0 bridgehead atoms. The zero-order valence-corrected chi connectivity index (χ0v) is 21.4. The summed E-state index contributed by atoms with van der Waals surface area (Å²) in [7, 11) is 2.81. The number of carbonyl (C=O) groups excluding carboxylic acids is 2. The highest BCUT2D eigenvalue weighted by Gasteiger charge is 2.53. The lowest BCUT2D eigenvalue weighted by Crippen LogP contribution is -2.54. The highest BCUT2D eigenvalue weighted by molar-refractivity contribution is 5.97. The van der Waals surface area contributed by atoms with Crippen molar-refractivity contribution < 1.29 is 37.0 Å². The number of ether oxygens (including phenoxy) is 3. The van der Waals surface area contributed by atoms with Crippen molar-refractivity contribution in [3.8, 4) is 17.2 Å². The molecule has 0 aromatic heterocycles. The fourth-order valence-corrected chi connectivity index (χ4v) is 5.62. The second kappa shape index (κ2) is 10.0. The fraction of sp³-hybridized carbons (Fsp3) is 0.500. The average molecular weight is 533 g/mol. The summed E-state index contributed by atoms with van der Waals surface area (Å²) in [6.07, 6.45) is 0.301. The quantitative estimate of drug-likeness (QED) is 0.513. The molecule has 1 N–H and O–H groups in total. The molecule has 2 amide bonds. The van der Waals surface area contributed by atoms with Gasteiger partial charge in [0.15, 0.2) is 11.5 Å². The first-order chi connectivity index (χ1) is 18.1. The molecular formula is C28H31F3N2O5. The molecule has 3 fully saturated rings. The van der Waals surface area contributed by atoms with E-state index in [2.05, 4.69) is 5.32 Å². The van der Waals surface area contributed by atoms with Crippen LogP contribution in [0.1, 0.15) is 64.8 Å². The van der Waals surface area contributed by atoms with Crippen LogP contribution in [0.4, 0.5) is 13.2 Å². The smallest absolute Gasteiger partial charge is 0.416 e. The van der Waals surface area contributed by atoms with Crippen LogP contribution in [0.5, 0.6) is 17.2 Å². The van der Waals surface area contributed by atoms with E-state index in [1.54, 1.807) is 30.2 Å². The number of methoxy groups -OCH3 is 2. The molecule has 0 spiro atoms. The van der Waals surface area contributed by atoms with Gasteiger partial charge in [-0.2, -0.15) is 13.2 Å². The standard InChI is InChI=1S/C28H31F3N2O5/c1-36-21-13-19(12-20(15-21)28(29,30)31)26(35)33-11-10-27(9-3-4-24(27)33)32-25(34)18-7-8-22(37-2)23(14-18)38-16-17-5-6-17/h7-8,12-15,17,24H,3-6,9-11,16H2,1-2H3,(H,32,34)/t24-,27+/m0/s1. The van der Waals surface area contributed by atoms with Crippen molar-refractivity contribution in [2.24, 2.45) is 5.92 Å². The van der Waals surface area contributed by atoms with Crippen LogP contribution in [0.25, 0.3) is 0 Å². The Morgan fingerprint density at radius 2 is 1.79 bits per heavy atom. The Bertz CT molecular complexity index is 1230. The van der Waals surface area contributed by atoms with Crippen LogP contribution < -0.4 is 19.5 Å². The van der Waals surface area contributed by atoms with Crippen molar-refractivity contribution >= 4 is 11.8 Å². The molecule has 204 valence electrons. The number of nitrogens with one attached hydrogen (secondary N) is 1. The summed E-state index contributed by atoms with van der Waals surface area (Å²) in [5.41, 5.74) is -1.25. The van der Waals surface area contributed by atoms with Crippen molar-refractivity contribution in [3.63, 3.8) is 0 Å². The number of amides is 2. The molecular weight excluding hydrogens is 501 g/mol. The van der Waals surface area contributed by atoms with Gasteiger partial charge in [0.05, 0.1) is 38.0 Å². The van der Waals surface area contributed by atoms with Gasteiger partial charge in [0.1, 0.15) is 5.75 Å². The number of benzene rings is 2. The fourth-order valence-electron chi connectivity index (χ4n) is 5.62. The second-order valence-corrected chi connectivity index (χ2v) is 10.3. The van der Waals surface area contributed by atoms with Crippen LogP contribution in [0, 0.1) is 5.92 Å². The molecule has 10 heteroatoms. The topological polar surface area (TPSA) is 77.1 Å². The summed E-state index contributed by atoms with van der Waals surface area (Å²) in [5.74, 6) is 0.771. The van der Waals surface area contributed by atoms with Gasteiger partial charge in [0.25, 0.3) is 11.8 Å². The van der Waals surface area contributed by atoms with E-state index < -0.39 is 23.2 Å². The summed E-state index contributed by atoms with van der Waals surface area (Å²) in [5, 5.41) is 3.17. The Morgan fingerprint density at radius 1 is 1.00 bits per heavy atom. The largest absolute Gasteiger partial charge is 0.497 e. The van der Waals surface area contributed by atoms with Crippen molar-refractivity contribution in [2.75, 3.05) is 27.4 Å². The van der Waals surface area contributed by atoms with Crippen LogP contribution in [0.2, 0.25) is 0 Å². The number of rotatable bonds is 8. The number of nitrogens with zero attached hydrogens (tertiary/aromatic N) is 1. The summed E-state index contributed by atoms with van der Waals surface area (Å²) in [6, 6.07) is 7.79. The molecule has 0 unspecified atom stereocenters. The van der Waals surface area contributed by atoms with Gasteiger partial charge in [0.2, 0.25) is 0 Å². The first-order valence-corrected chi connectivity index (χ1v) is 12.8. The Hall–Kier alpha value is -3.43. The van der Waals surface area contributed by atoms with E-state index in [9.17, 15) is 22.8 Å². The minimum Gasteiger partial charge on any atom is -0.497 e. The van der Waals surface area contributed by atoms with Crippen molar-refractivity contribution in [1.29, 1.82) is 0 Å². The molecule has 2 atom stereocenters. The summed E-state index contributed by atoms with van der Waals surface area (Å²) < 4.78 is 56.6. The molecule has 7 nitrogen and oxygen atoms in total. The molecule has 1 heterocycles. The minimum absolute atomic E-state index is 0.0347. The van der Waals surface area contributed by atoms with E-state index >= 15 is 0 Å². The zero-order valence-electron chi connectivity index (χ0n) is 21.4. The number of fused-ring (bicyclic) bond motifs is 1. The molecule has 2 saturated carbocycles. The molecule has 3 aliphatic rings. The van der Waals surface area contributed by atoms with Gasteiger partial charge >= 0.3 is 6.18 Å². The van der Waals surface area contributed by atoms with Crippen LogP contribution >= 0.6 is 0 Å². The molecule has 1 aliphatic heterocycles. The van der Waals surface area contributed by atoms with E-state index in [1.165, 1.54) is 13.2 Å². The maximum absolute atomic E-state index is 13.4. The number of alkyl halides is 3. The first kappa shape index (κ1) is 26.2. The van der Waals surface area contributed by atoms with Crippen LogP contribution in [0.3, 0.4) is 0 Å². The van der Waals surface area contributed by atoms with Crippen LogP contribution in [0.15, 0.2) is 36.4 Å². The second-order valence-electron chi connectivity index (χ2n) is 10.3. The van der Waals surface area contributed by atoms with Crippen molar-refractivity contribution in [2.45, 2.75) is 56.3 Å². The van der Waals surface area contributed by atoms with Gasteiger partial charge in [-0.25, -0.2) is 0 Å². The predicted molar refractivity (Wildman–Crippen MR) is 133 cm³/mol. The number of hydrogen-bond acceptors (Lipinski definition) is 5. The molecule has 0 radical (unpaired) electrons. The lowest BCUT2D eigenvalue weighted by atomic mass is 9.92. The van der Waals surface area contributed by atoms with E-state index in [-0.39, 0.29) is 23.3 Å². The lowest BCUT2D eigenvalue weighted by molar-refractivity contribution is -0.137. The van der Waals surface area contributed by atoms with E-state index in [0.29, 0.717) is 55.4 Å². The number of hydrogen-bond donors (Lipinski definition) is 1. The minimum atomic E-state index is -4.61. The Balaban J connectivity index is 1.35. The third-order valence-electron chi connectivity index (χ3n) is 7.85. The van der Waals surface area contributed by atoms with Gasteiger partial charge < -0.3 is 24.4 Å². The number of likely N-dealkylation sites (tertiary alicyclic amines) is 1. The highest BCUT2D eigenvalue weighted by Crippen LogP contribution is 2.43. The van der Waals surface area contributed by atoms with E-state index in [0.717, 1.165) is 31.4 Å². The van der Waals surface area contributed by atoms with E-state index in [4.69, 9.17) is 14.2 Å². The summed E-state index contributed by atoms with van der Waals surface area (Å²) >= 11 is 0. The van der Waals surface area contributed by atoms with Crippen molar-refractivity contribution in [3.05, 3.63) is 53.1 Å². The van der Waals surface area contributed by atoms with Crippen LogP contribution in [-0.2, 0) is 6.18 Å². The third kappa shape index (κ3) is 5.13. The van der Waals surface area contributed by atoms with Gasteiger partial charge in [-0.1, -0.05) is 0 Å². The monoisotopic (exact) mass is 532 g/mol. The lowest BCUT2D eigenvalue weighted by Gasteiger charge is -2.33. The molecule has 2 aliphatic carbocycles. The average Bonchev–Trinajstić information content (AvgIpc) is 3.55. The Morgan fingerprint density at radius 3 is 2.47 bits per heavy atom. The maximum atomic E-state index is 13.4. The molecule has 2 aromatic carbocycles. The van der Waals surface area contributed by atoms with Gasteiger partial charge in [-0.05, 0) is 80.8 Å². The highest BCUT2D eigenvalue weighted by atomic mass is 19.4. The first-order valence-electron chi connectivity index (χ1n) is 12.8. The van der Waals surface area contributed by atoms with Crippen LogP contribution in [-0.4, -0.2) is 55.7 Å². The summed E-state index contributed by atoms with van der Waals surface area (Å²) in [4.78, 5) is 28.4. The van der Waals surface area contributed by atoms with E-state index in [1.807, 2.05) is 0 Å². The summed E-state index contributed by atoms with van der Waals surface area (Å²) in [6.45, 7) is 0.908. The maximum Gasteiger partial charge on any atom is 0.416 e. The molecule has 38 heavy (non-hydrogen) atoms. The normalized spacial score (nSPS) is 22.7. The molecule has 1 saturated heterocycles. The Labute approximate surface area is 219 Å². The van der Waals surface area contributed by atoms with Crippen molar-refractivity contribution in [1.82, 2.24) is 10.2 Å². The number of carbonyl (C=O) groups is 2. The molecule has 2 aromatic rings. The van der Waals surface area contributed by atoms with Gasteiger partial charge in [-0.3, -0.25) is 9.59 Å². The number of halogens is 3. The SMILES string of the molecule is COc1cc(C(=O)N2CC[C@]3(NC(=O)c4ccc(OC)c(OCC5CC5)c4)CCC[C@H]23)cc(C(F)(F)F)c1. The zero-order chi connectivity index (χ0) is 27.1.